The van der Waals surface area contributed by atoms with Gasteiger partial charge in [-0.1, -0.05) is 0 Å². The van der Waals surface area contributed by atoms with Gasteiger partial charge in [0, 0.05) is 30.5 Å². The van der Waals surface area contributed by atoms with Crippen LogP contribution in [0.3, 0.4) is 0 Å². The summed E-state index contributed by atoms with van der Waals surface area (Å²) in [6.07, 6.45) is 3.74. The standard InChI is InChI=1S/C17H20N2O4/c1-10(2)23-14-5-13-11(4-12(14)15(20)21)6-19(18-13)17-7-16(3,8-17)22-9-17/h4-6,10H,7-9H2,1-3H3,(H,20,21). The molecule has 2 aromatic rings. The maximum atomic E-state index is 11.5. The van der Waals surface area contributed by atoms with Crippen LogP contribution in [-0.2, 0) is 10.3 Å². The zero-order valence-corrected chi connectivity index (χ0v) is 13.5. The molecule has 0 amide bonds. The number of benzene rings is 1. The molecule has 1 aromatic heterocycles. The van der Waals surface area contributed by atoms with Crippen LogP contribution >= 0.6 is 0 Å². The van der Waals surface area contributed by atoms with Gasteiger partial charge in [0.1, 0.15) is 11.3 Å². The van der Waals surface area contributed by atoms with Crippen molar-refractivity contribution in [2.75, 3.05) is 6.61 Å². The first kappa shape index (κ1) is 14.5. The summed E-state index contributed by atoms with van der Waals surface area (Å²) in [6, 6.07) is 3.36. The number of hydrogen-bond donors (Lipinski definition) is 1. The monoisotopic (exact) mass is 316 g/mol. The molecule has 6 heteroatoms. The fourth-order valence-electron chi connectivity index (χ4n) is 3.90. The predicted octanol–water partition coefficient (Wildman–Crippen LogP) is 2.80. The Hall–Kier alpha value is -2.08. The number of carboxylic acid groups (broad SMARTS) is 1. The second-order valence-electron chi connectivity index (χ2n) is 7.27. The lowest BCUT2D eigenvalue weighted by molar-refractivity contribution is 0.00383. The van der Waals surface area contributed by atoms with Crippen molar-refractivity contribution >= 4 is 16.9 Å². The average molecular weight is 316 g/mol. The Kier molecular flexibility index (Phi) is 2.82. The van der Waals surface area contributed by atoms with Crippen LogP contribution in [0.1, 0.15) is 44.0 Å². The molecular weight excluding hydrogens is 296 g/mol. The number of rotatable bonds is 4. The summed E-state index contributed by atoms with van der Waals surface area (Å²) in [4.78, 5) is 11.5. The second kappa shape index (κ2) is 4.47. The number of carboxylic acids is 1. The number of hydrogen-bond acceptors (Lipinski definition) is 4. The largest absolute Gasteiger partial charge is 0.490 e. The molecule has 3 fully saturated rings. The number of carbonyl (C=O) groups is 1. The Balaban J connectivity index is 1.78. The summed E-state index contributed by atoms with van der Waals surface area (Å²) in [5, 5.41) is 14.9. The van der Waals surface area contributed by atoms with Crippen molar-refractivity contribution in [3.05, 3.63) is 23.9 Å². The molecule has 3 heterocycles. The van der Waals surface area contributed by atoms with Gasteiger partial charge < -0.3 is 14.6 Å². The van der Waals surface area contributed by atoms with Crippen molar-refractivity contribution in [3.8, 4) is 5.75 Å². The van der Waals surface area contributed by atoms with E-state index in [0.29, 0.717) is 12.4 Å². The molecule has 1 N–H and O–H groups in total. The van der Waals surface area contributed by atoms with Gasteiger partial charge in [-0.25, -0.2) is 4.79 Å². The molecule has 0 spiro atoms. The summed E-state index contributed by atoms with van der Waals surface area (Å²) in [7, 11) is 0. The molecule has 2 saturated heterocycles. The molecule has 0 unspecified atom stereocenters. The summed E-state index contributed by atoms with van der Waals surface area (Å²) in [5.74, 6) is -0.627. The summed E-state index contributed by atoms with van der Waals surface area (Å²) in [5.41, 5.74) is 0.830. The molecule has 1 aromatic carbocycles. The van der Waals surface area contributed by atoms with Gasteiger partial charge in [-0.15, -0.1) is 0 Å². The SMILES string of the molecule is CC(C)Oc1cc2nn(C34COC(C)(C3)C4)cc2cc1C(=O)O. The van der Waals surface area contributed by atoms with Crippen LogP contribution in [0.25, 0.3) is 10.9 Å². The molecule has 2 aliphatic heterocycles. The Labute approximate surface area is 134 Å². The van der Waals surface area contributed by atoms with E-state index in [0.717, 1.165) is 23.7 Å². The number of nitrogens with zero attached hydrogens (tertiary/aromatic N) is 2. The maximum absolute atomic E-state index is 11.5. The van der Waals surface area contributed by atoms with Crippen LogP contribution in [0.4, 0.5) is 0 Å². The highest BCUT2D eigenvalue weighted by Gasteiger charge is 2.61. The molecule has 23 heavy (non-hydrogen) atoms. The third-order valence-electron chi connectivity index (χ3n) is 4.78. The average Bonchev–Trinajstić information content (AvgIpc) is 3.06. The predicted molar refractivity (Wildman–Crippen MR) is 84.0 cm³/mol. The molecule has 0 atom stereocenters. The Morgan fingerprint density at radius 1 is 1.43 bits per heavy atom. The lowest BCUT2D eigenvalue weighted by Crippen LogP contribution is -2.49. The van der Waals surface area contributed by atoms with Crippen LogP contribution < -0.4 is 4.74 Å². The van der Waals surface area contributed by atoms with E-state index in [1.54, 1.807) is 12.1 Å². The molecule has 122 valence electrons. The van der Waals surface area contributed by atoms with Gasteiger partial charge in [-0.2, -0.15) is 5.10 Å². The zero-order chi connectivity index (χ0) is 16.4. The minimum atomic E-state index is -0.992. The van der Waals surface area contributed by atoms with Crippen LogP contribution in [0, 0.1) is 0 Å². The van der Waals surface area contributed by atoms with Gasteiger partial charge >= 0.3 is 5.97 Å². The van der Waals surface area contributed by atoms with Gasteiger partial charge in [0.25, 0.3) is 0 Å². The number of ether oxygens (including phenoxy) is 2. The Bertz CT molecular complexity index is 802. The van der Waals surface area contributed by atoms with E-state index in [1.165, 1.54) is 0 Å². The molecule has 2 bridgehead atoms. The van der Waals surface area contributed by atoms with E-state index < -0.39 is 5.97 Å². The molecule has 3 aliphatic rings. The third kappa shape index (κ3) is 2.12. The molecule has 1 aliphatic carbocycles. The number of fused-ring (bicyclic) bond motifs is 2. The highest BCUT2D eigenvalue weighted by atomic mass is 16.5. The normalized spacial score (nSPS) is 29.0. The quantitative estimate of drug-likeness (QED) is 0.939. The van der Waals surface area contributed by atoms with Crippen molar-refractivity contribution in [1.82, 2.24) is 9.78 Å². The van der Waals surface area contributed by atoms with Crippen LogP contribution in [0.15, 0.2) is 18.3 Å². The number of aromatic nitrogens is 2. The van der Waals surface area contributed by atoms with E-state index in [-0.39, 0.29) is 22.8 Å². The van der Waals surface area contributed by atoms with Crippen LogP contribution in [0.2, 0.25) is 0 Å². The summed E-state index contributed by atoms with van der Waals surface area (Å²) >= 11 is 0. The molecule has 6 nitrogen and oxygen atoms in total. The van der Waals surface area contributed by atoms with Gasteiger partial charge in [-0.05, 0) is 26.8 Å². The van der Waals surface area contributed by atoms with E-state index in [4.69, 9.17) is 9.47 Å². The van der Waals surface area contributed by atoms with Gasteiger partial charge in [0.15, 0.2) is 0 Å². The Morgan fingerprint density at radius 3 is 2.74 bits per heavy atom. The zero-order valence-electron chi connectivity index (χ0n) is 13.5. The van der Waals surface area contributed by atoms with E-state index in [1.807, 2.05) is 24.7 Å². The van der Waals surface area contributed by atoms with Gasteiger partial charge in [0.2, 0.25) is 0 Å². The van der Waals surface area contributed by atoms with E-state index in [9.17, 15) is 9.90 Å². The molecule has 5 rings (SSSR count). The van der Waals surface area contributed by atoms with Crippen molar-refractivity contribution in [3.63, 3.8) is 0 Å². The topological polar surface area (TPSA) is 73.6 Å². The lowest BCUT2D eigenvalue weighted by atomic mass is 9.69. The summed E-state index contributed by atoms with van der Waals surface area (Å²) in [6.45, 7) is 6.54. The second-order valence-corrected chi connectivity index (χ2v) is 7.27. The van der Waals surface area contributed by atoms with Crippen molar-refractivity contribution in [2.45, 2.75) is 50.9 Å². The van der Waals surface area contributed by atoms with Crippen molar-refractivity contribution in [2.24, 2.45) is 0 Å². The van der Waals surface area contributed by atoms with E-state index in [2.05, 4.69) is 12.0 Å². The summed E-state index contributed by atoms with van der Waals surface area (Å²) < 4.78 is 13.4. The van der Waals surface area contributed by atoms with Gasteiger partial charge in [-0.3, -0.25) is 4.68 Å². The van der Waals surface area contributed by atoms with Crippen molar-refractivity contribution < 1.29 is 19.4 Å². The highest BCUT2D eigenvalue weighted by molar-refractivity contribution is 5.96. The first-order chi connectivity index (χ1) is 10.8. The fourth-order valence-corrected chi connectivity index (χ4v) is 3.90. The molecule has 1 saturated carbocycles. The van der Waals surface area contributed by atoms with Crippen LogP contribution in [0.5, 0.6) is 5.75 Å². The maximum Gasteiger partial charge on any atom is 0.339 e. The fraction of sp³-hybridized carbons (Fsp3) is 0.529. The smallest absolute Gasteiger partial charge is 0.339 e. The number of aromatic carboxylic acids is 1. The van der Waals surface area contributed by atoms with Gasteiger partial charge in [0.05, 0.1) is 29.4 Å². The molecule has 0 radical (unpaired) electrons. The first-order valence-electron chi connectivity index (χ1n) is 7.88. The molecular formula is C17H20N2O4. The highest BCUT2D eigenvalue weighted by Crippen LogP contribution is 2.55. The minimum Gasteiger partial charge on any atom is -0.490 e. The van der Waals surface area contributed by atoms with Crippen LogP contribution in [-0.4, -0.2) is 39.2 Å². The first-order valence-corrected chi connectivity index (χ1v) is 7.88. The lowest BCUT2D eigenvalue weighted by Gasteiger charge is -2.42. The Morgan fingerprint density at radius 2 is 2.17 bits per heavy atom. The minimum absolute atomic E-state index is 0.0176. The third-order valence-corrected chi connectivity index (χ3v) is 4.78. The van der Waals surface area contributed by atoms with Crippen molar-refractivity contribution in [1.29, 1.82) is 0 Å². The van der Waals surface area contributed by atoms with E-state index >= 15 is 0 Å².